The molecule has 0 aliphatic heterocycles. The minimum absolute atomic E-state index is 0.173. The van der Waals surface area contributed by atoms with E-state index in [-0.39, 0.29) is 11.8 Å². The molecule has 0 spiro atoms. The van der Waals surface area contributed by atoms with Crippen LogP contribution in [0.4, 0.5) is 5.69 Å². The third-order valence-corrected chi connectivity index (χ3v) is 3.63. The fraction of sp³-hybridized carbons (Fsp3) is 0.176. The van der Waals surface area contributed by atoms with Gasteiger partial charge in [-0.05, 0) is 43.7 Å². The topological polar surface area (TPSA) is 88.4 Å². The van der Waals surface area contributed by atoms with E-state index in [4.69, 9.17) is 0 Å². The zero-order valence-corrected chi connectivity index (χ0v) is 13.4. The van der Waals surface area contributed by atoms with Crippen molar-refractivity contribution in [2.24, 2.45) is 0 Å². The number of hydrogen-bond donors (Lipinski definition) is 2. The summed E-state index contributed by atoms with van der Waals surface area (Å²) in [5, 5.41) is 13.7. The van der Waals surface area contributed by atoms with Crippen molar-refractivity contribution in [2.45, 2.75) is 13.8 Å². The summed E-state index contributed by atoms with van der Waals surface area (Å²) in [6.07, 6.45) is 3.07. The number of nitrogens with one attached hydrogen (secondary N) is 2. The Morgan fingerprint density at radius 2 is 2.00 bits per heavy atom. The third kappa shape index (κ3) is 2.96. The van der Waals surface area contributed by atoms with Crippen LogP contribution in [0, 0.1) is 6.92 Å². The quantitative estimate of drug-likeness (QED) is 0.769. The van der Waals surface area contributed by atoms with Crippen LogP contribution in [0.15, 0.2) is 42.7 Å². The molecule has 122 valence electrons. The molecule has 2 aromatic heterocycles. The van der Waals surface area contributed by atoms with E-state index < -0.39 is 0 Å². The van der Waals surface area contributed by atoms with Crippen molar-refractivity contribution in [1.29, 1.82) is 0 Å². The Morgan fingerprint density at radius 1 is 1.17 bits per heavy atom. The average Bonchev–Trinajstić information content (AvgIpc) is 3.01. The number of anilines is 1. The highest BCUT2D eigenvalue weighted by Crippen LogP contribution is 2.19. The molecule has 0 aliphatic carbocycles. The molecule has 24 heavy (non-hydrogen) atoms. The Labute approximate surface area is 138 Å². The van der Waals surface area contributed by atoms with E-state index in [1.807, 2.05) is 13.8 Å². The SMILES string of the molecule is CCNC(=O)c1ccc(C)c(NC(=O)c2cnn3ncccc23)c1. The number of aryl methyl sites for hydroxylation is 1. The summed E-state index contributed by atoms with van der Waals surface area (Å²) in [4.78, 5) is 24.5. The third-order valence-electron chi connectivity index (χ3n) is 3.63. The summed E-state index contributed by atoms with van der Waals surface area (Å²) in [7, 11) is 0. The molecule has 0 fully saturated rings. The molecule has 0 bridgehead atoms. The number of rotatable bonds is 4. The molecular weight excluding hydrogens is 306 g/mol. The molecule has 0 radical (unpaired) electrons. The molecule has 1 aromatic carbocycles. The number of carbonyl (C=O) groups excluding carboxylic acids is 2. The zero-order valence-electron chi connectivity index (χ0n) is 13.4. The lowest BCUT2D eigenvalue weighted by Gasteiger charge is -2.10. The van der Waals surface area contributed by atoms with Crippen molar-refractivity contribution in [3.8, 4) is 0 Å². The molecule has 3 aromatic rings. The van der Waals surface area contributed by atoms with Gasteiger partial charge in [0.25, 0.3) is 11.8 Å². The number of carbonyl (C=O) groups is 2. The van der Waals surface area contributed by atoms with Crippen LogP contribution in [0.25, 0.3) is 5.52 Å². The molecule has 0 atom stereocenters. The molecule has 0 saturated carbocycles. The largest absolute Gasteiger partial charge is 0.352 e. The minimum Gasteiger partial charge on any atom is -0.352 e. The van der Waals surface area contributed by atoms with Gasteiger partial charge in [-0.15, -0.1) is 0 Å². The van der Waals surface area contributed by atoms with Crippen LogP contribution in [0.2, 0.25) is 0 Å². The van der Waals surface area contributed by atoms with Gasteiger partial charge < -0.3 is 10.6 Å². The molecule has 2 N–H and O–H groups in total. The van der Waals surface area contributed by atoms with Gasteiger partial charge in [-0.2, -0.15) is 14.8 Å². The lowest BCUT2D eigenvalue weighted by molar-refractivity contribution is 0.0954. The van der Waals surface area contributed by atoms with Gasteiger partial charge in [-0.25, -0.2) is 0 Å². The van der Waals surface area contributed by atoms with Gasteiger partial charge in [0, 0.05) is 24.0 Å². The summed E-state index contributed by atoms with van der Waals surface area (Å²) >= 11 is 0. The molecule has 0 aliphatic rings. The highest BCUT2D eigenvalue weighted by atomic mass is 16.2. The summed E-state index contributed by atoms with van der Waals surface area (Å²) in [6, 6.07) is 8.72. The average molecular weight is 323 g/mol. The predicted octanol–water partition coefficient (Wildman–Crippen LogP) is 2.04. The highest BCUT2D eigenvalue weighted by molar-refractivity contribution is 6.09. The maximum Gasteiger partial charge on any atom is 0.259 e. The number of benzene rings is 1. The van der Waals surface area contributed by atoms with Crippen LogP contribution in [-0.2, 0) is 0 Å². The summed E-state index contributed by atoms with van der Waals surface area (Å²) in [5.41, 5.74) is 3.00. The molecule has 0 unspecified atom stereocenters. The van der Waals surface area contributed by atoms with Crippen molar-refractivity contribution < 1.29 is 9.59 Å². The summed E-state index contributed by atoms with van der Waals surface area (Å²) in [6.45, 7) is 4.27. The zero-order chi connectivity index (χ0) is 17.1. The first-order valence-corrected chi connectivity index (χ1v) is 7.59. The first kappa shape index (κ1) is 15.7. The molecular formula is C17H17N5O2. The van der Waals surface area contributed by atoms with Gasteiger partial charge in [0.05, 0.1) is 11.8 Å². The normalized spacial score (nSPS) is 10.6. The fourth-order valence-corrected chi connectivity index (χ4v) is 2.36. The Kier molecular flexibility index (Phi) is 4.24. The van der Waals surface area contributed by atoms with Crippen LogP contribution in [-0.4, -0.2) is 33.2 Å². The van der Waals surface area contributed by atoms with Gasteiger partial charge in [0.15, 0.2) is 0 Å². The Morgan fingerprint density at radius 3 is 2.79 bits per heavy atom. The van der Waals surface area contributed by atoms with Crippen molar-refractivity contribution in [1.82, 2.24) is 20.1 Å². The van der Waals surface area contributed by atoms with Crippen LogP contribution in [0.5, 0.6) is 0 Å². The van der Waals surface area contributed by atoms with Crippen molar-refractivity contribution in [3.63, 3.8) is 0 Å². The second-order valence-corrected chi connectivity index (χ2v) is 5.30. The second kappa shape index (κ2) is 6.49. The number of fused-ring (bicyclic) bond motifs is 1. The van der Waals surface area contributed by atoms with Gasteiger partial charge in [-0.3, -0.25) is 9.59 Å². The highest BCUT2D eigenvalue weighted by Gasteiger charge is 2.15. The van der Waals surface area contributed by atoms with Crippen LogP contribution in [0.1, 0.15) is 33.2 Å². The molecule has 2 amide bonds. The van der Waals surface area contributed by atoms with Crippen molar-refractivity contribution in [3.05, 3.63) is 59.4 Å². The lowest BCUT2D eigenvalue weighted by Crippen LogP contribution is -2.23. The molecule has 3 rings (SSSR count). The van der Waals surface area contributed by atoms with E-state index in [0.29, 0.717) is 28.9 Å². The maximum absolute atomic E-state index is 12.6. The second-order valence-electron chi connectivity index (χ2n) is 5.30. The number of amides is 2. The number of aromatic nitrogens is 3. The molecule has 2 heterocycles. The van der Waals surface area contributed by atoms with E-state index >= 15 is 0 Å². The van der Waals surface area contributed by atoms with Gasteiger partial charge in [0.1, 0.15) is 5.52 Å². The maximum atomic E-state index is 12.6. The van der Waals surface area contributed by atoms with E-state index in [9.17, 15) is 9.59 Å². The predicted molar refractivity (Wildman–Crippen MR) is 90.1 cm³/mol. The first-order chi connectivity index (χ1) is 11.6. The molecule has 7 heteroatoms. The van der Waals surface area contributed by atoms with Crippen molar-refractivity contribution in [2.75, 3.05) is 11.9 Å². The Bertz CT molecular complexity index is 916. The van der Waals surface area contributed by atoms with Crippen LogP contribution >= 0.6 is 0 Å². The summed E-state index contributed by atoms with van der Waals surface area (Å²) < 4.78 is 1.40. The van der Waals surface area contributed by atoms with E-state index in [1.165, 1.54) is 10.8 Å². The monoisotopic (exact) mass is 323 g/mol. The van der Waals surface area contributed by atoms with Gasteiger partial charge in [0.2, 0.25) is 0 Å². The number of hydrogen-bond acceptors (Lipinski definition) is 4. The fourth-order valence-electron chi connectivity index (χ4n) is 2.36. The van der Waals surface area contributed by atoms with E-state index in [0.717, 1.165) is 5.56 Å². The Balaban J connectivity index is 1.89. The van der Waals surface area contributed by atoms with Gasteiger partial charge in [-0.1, -0.05) is 6.07 Å². The van der Waals surface area contributed by atoms with Gasteiger partial charge >= 0.3 is 0 Å². The molecule has 0 saturated heterocycles. The van der Waals surface area contributed by atoms with Crippen LogP contribution < -0.4 is 10.6 Å². The number of nitrogens with zero attached hydrogens (tertiary/aromatic N) is 3. The Hall–Kier alpha value is -3.22. The summed E-state index contributed by atoms with van der Waals surface area (Å²) in [5.74, 6) is -0.470. The van der Waals surface area contributed by atoms with Crippen LogP contribution in [0.3, 0.4) is 0 Å². The van der Waals surface area contributed by atoms with Crippen molar-refractivity contribution >= 4 is 23.0 Å². The standard InChI is InChI=1S/C17H17N5O2/c1-3-18-16(23)12-7-6-11(2)14(9-12)21-17(24)13-10-20-22-15(13)5-4-8-19-22/h4-10H,3H2,1-2H3,(H,18,23)(H,21,24). The smallest absolute Gasteiger partial charge is 0.259 e. The van der Waals surface area contributed by atoms with E-state index in [2.05, 4.69) is 20.8 Å². The molecule has 7 nitrogen and oxygen atoms in total. The minimum atomic E-state index is -0.297. The lowest BCUT2D eigenvalue weighted by atomic mass is 10.1. The first-order valence-electron chi connectivity index (χ1n) is 7.59. The van der Waals surface area contributed by atoms with E-state index in [1.54, 1.807) is 36.5 Å².